The Hall–Kier alpha value is -3.61. The lowest BCUT2D eigenvalue weighted by atomic mass is 10.2. The van der Waals surface area contributed by atoms with Gasteiger partial charge in [-0.3, -0.25) is 4.79 Å². The van der Waals surface area contributed by atoms with Gasteiger partial charge in [-0.15, -0.1) is 0 Å². The van der Waals surface area contributed by atoms with Crippen LogP contribution in [-0.4, -0.2) is 25.1 Å². The molecular weight excluding hydrogens is 349 g/mol. The van der Waals surface area contributed by atoms with Crippen LogP contribution in [0.15, 0.2) is 60.8 Å². The van der Waals surface area contributed by atoms with Gasteiger partial charge in [0.2, 0.25) is 0 Å². The van der Waals surface area contributed by atoms with Gasteiger partial charge in [0.05, 0.1) is 25.5 Å². The van der Waals surface area contributed by atoms with Crippen LogP contribution in [0, 0.1) is 5.82 Å². The third-order valence-electron chi connectivity index (χ3n) is 3.80. The van der Waals surface area contributed by atoms with E-state index in [1.54, 1.807) is 44.6 Å². The van der Waals surface area contributed by atoms with E-state index in [1.165, 1.54) is 30.5 Å². The van der Waals surface area contributed by atoms with Gasteiger partial charge in [0.1, 0.15) is 23.1 Å². The Balaban J connectivity index is 1.72. The number of pyridine rings is 1. The fourth-order valence-electron chi connectivity index (χ4n) is 2.39. The number of ether oxygens (including phenoxy) is 2. The van der Waals surface area contributed by atoms with E-state index in [0.29, 0.717) is 34.3 Å². The Morgan fingerprint density at radius 3 is 2.41 bits per heavy atom. The molecule has 3 aromatic rings. The minimum absolute atomic E-state index is 0.334. The average Bonchev–Trinajstić information content (AvgIpc) is 2.70. The molecule has 1 heterocycles. The molecule has 0 radical (unpaired) electrons. The molecule has 2 N–H and O–H groups in total. The standard InChI is InChI=1S/C20H18FN3O3/c1-26-16-8-9-18(27-2)17(11-16)24-19-10-3-13(12-22-19)20(25)23-15-6-4-14(21)5-7-15/h3-12H,1-2H3,(H,22,24)(H,23,25). The summed E-state index contributed by atoms with van der Waals surface area (Å²) in [5, 5.41) is 5.82. The first-order valence-electron chi connectivity index (χ1n) is 8.11. The SMILES string of the molecule is COc1ccc(OC)c(Nc2ccc(C(=O)Nc3ccc(F)cc3)cn2)c1. The molecule has 0 saturated heterocycles. The number of benzene rings is 2. The fraction of sp³-hybridized carbons (Fsp3) is 0.100. The summed E-state index contributed by atoms with van der Waals surface area (Å²) in [4.78, 5) is 16.5. The molecule has 0 aliphatic rings. The van der Waals surface area contributed by atoms with Gasteiger partial charge in [-0.2, -0.15) is 0 Å². The minimum Gasteiger partial charge on any atom is -0.497 e. The number of anilines is 3. The van der Waals surface area contributed by atoms with E-state index in [4.69, 9.17) is 9.47 Å². The van der Waals surface area contributed by atoms with Crippen molar-refractivity contribution in [2.75, 3.05) is 24.9 Å². The van der Waals surface area contributed by atoms with Gasteiger partial charge in [-0.1, -0.05) is 0 Å². The maximum Gasteiger partial charge on any atom is 0.257 e. The first-order chi connectivity index (χ1) is 13.1. The largest absolute Gasteiger partial charge is 0.497 e. The highest BCUT2D eigenvalue weighted by Crippen LogP contribution is 2.31. The predicted molar refractivity (Wildman–Crippen MR) is 101 cm³/mol. The van der Waals surface area contributed by atoms with Crippen LogP contribution in [0.2, 0.25) is 0 Å². The van der Waals surface area contributed by atoms with E-state index in [1.807, 2.05) is 0 Å². The second kappa shape index (κ2) is 8.18. The van der Waals surface area contributed by atoms with Gasteiger partial charge in [-0.25, -0.2) is 9.37 Å². The third kappa shape index (κ3) is 4.52. The number of hydrogen-bond donors (Lipinski definition) is 2. The van der Waals surface area contributed by atoms with Crippen molar-refractivity contribution in [2.24, 2.45) is 0 Å². The quantitative estimate of drug-likeness (QED) is 0.682. The lowest BCUT2D eigenvalue weighted by molar-refractivity contribution is 0.102. The van der Waals surface area contributed by atoms with E-state index < -0.39 is 0 Å². The van der Waals surface area contributed by atoms with Gasteiger partial charge in [0.25, 0.3) is 5.91 Å². The van der Waals surface area contributed by atoms with Crippen molar-refractivity contribution >= 4 is 23.1 Å². The number of hydrogen-bond acceptors (Lipinski definition) is 5. The zero-order valence-corrected chi connectivity index (χ0v) is 14.8. The maximum absolute atomic E-state index is 12.9. The molecular formula is C20H18FN3O3. The molecule has 1 aromatic heterocycles. The molecule has 6 nitrogen and oxygen atoms in total. The van der Waals surface area contributed by atoms with Crippen LogP contribution in [0.25, 0.3) is 0 Å². The first kappa shape index (κ1) is 18.2. The zero-order chi connectivity index (χ0) is 19.2. The number of rotatable bonds is 6. The number of carbonyl (C=O) groups excluding carboxylic acids is 1. The Morgan fingerprint density at radius 1 is 1.00 bits per heavy atom. The normalized spacial score (nSPS) is 10.2. The molecule has 3 rings (SSSR count). The Labute approximate surface area is 156 Å². The van der Waals surface area contributed by atoms with Crippen molar-refractivity contribution in [2.45, 2.75) is 0 Å². The second-order valence-corrected chi connectivity index (χ2v) is 5.58. The Kier molecular flexibility index (Phi) is 5.51. The summed E-state index contributed by atoms with van der Waals surface area (Å²) in [6.45, 7) is 0. The van der Waals surface area contributed by atoms with Crippen molar-refractivity contribution in [3.63, 3.8) is 0 Å². The summed E-state index contributed by atoms with van der Waals surface area (Å²) in [5.74, 6) is 1.15. The molecule has 0 atom stereocenters. The molecule has 1 amide bonds. The fourth-order valence-corrected chi connectivity index (χ4v) is 2.39. The van der Waals surface area contributed by atoms with Crippen LogP contribution in [0.4, 0.5) is 21.6 Å². The Morgan fingerprint density at radius 2 is 1.78 bits per heavy atom. The number of halogens is 1. The van der Waals surface area contributed by atoms with Crippen molar-refractivity contribution in [3.8, 4) is 11.5 Å². The van der Waals surface area contributed by atoms with E-state index >= 15 is 0 Å². The highest BCUT2D eigenvalue weighted by atomic mass is 19.1. The monoisotopic (exact) mass is 367 g/mol. The van der Waals surface area contributed by atoms with Gasteiger partial charge in [0.15, 0.2) is 0 Å². The summed E-state index contributed by atoms with van der Waals surface area (Å²) >= 11 is 0. The molecule has 2 aromatic carbocycles. The smallest absolute Gasteiger partial charge is 0.257 e. The summed E-state index contributed by atoms with van der Waals surface area (Å²) < 4.78 is 23.5. The number of nitrogens with zero attached hydrogens (tertiary/aromatic N) is 1. The molecule has 0 aliphatic heterocycles. The van der Waals surface area contributed by atoms with E-state index in [0.717, 1.165) is 0 Å². The lowest BCUT2D eigenvalue weighted by Crippen LogP contribution is -2.12. The van der Waals surface area contributed by atoms with Crippen molar-refractivity contribution in [1.29, 1.82) is 0 Å². The van der Waals surface area contributed by atoms with Crippen molar-refractivity contribution < 1.29 is 18.7 Å². The van der Waals surface area contributed by atoms with E-state index in [-0.39, 0.29) is 11.7 Å². The molecule has 0 bridgehead atoms. The van der Waals surface area contributed by atoms with Crippen LogP contribution in [-0.2, 0) is 0 Å². The van der Waals surface area contributed by atoms with Crippen molar-refractivity contribution in [3.05, 3.63) is 72.2 Å². The molecule has 27 heavy (non-hydrogen) atoms. The van der Waals surface area contributed by atoms with Gasteiger partial charge >= 0.3 is 0 Å². The summed E-state index contributed by atoms with van der Waals surface area (Å²) in [6.07, 6.45) is 1.45. The first-order valence-corrected chi connectivity index (χ1v) is 8.11. The van der Waals surface area contributed by atoms with E-state index in [9.17, 15) is 9.18 Å². The van der Waals surface area contributed by atoms with Crippen LogP contribution in [0.5, 0.6) is 11.5 Å². The summed E-state index contributed by atoms with van der Waals surface area (Å²) in [7, 11) is 3.15. The molecule has 0 spiro atoms. The summed E-state index contributed by atoms with van der Waals surface area (Å²) in [6, 6.07) is 14.2. The lowest BCUT2D eigenvalue weighted by Gasteiger charge is -2.12. The maximum atomic E-state index is 12.9. The average molecular weight is 367 g/mol. The van der Waals surface area contributed by atoms with Crippen molar-refractivity contribution in [1.82, 2.24) is 4.98 Å². The van der Waals surface area contributed by atoms with E-state index in [2.05, 4.69) is 15.6 Å². The van der Waals surface area contributed by atoms with Gasteiger partial charge < -0.3 is 20.1 Å². The molecule has 0 saturated carbocycles. The number of nitrogens with one attached hydrogen (secondary N) is 2. The highest BCUT2D eigenvalue weighted by molar-refractivity contribution is 6.04. The summed E-state index contributed by atoms with van der Waals surface area (Å²) in [5.41, 5.74) is 1.57. The molecule has 0 aliphatic carbocycles. The second-order valence-electron chi connectivity index (χ2n) is 5.58. The number of amides is 1. The minimum atomic E-state index is -0.363. The topological polar surface area (TPSA) is 72.5 Å². The van der Waals surface area contributed by atoms with Gasteiger partial charge in [-0.05, 0) is 48.5 Å². The molecule has 138 valence electrons. The molecule has 0 unspecified atom stereocenters. The zero-order valence-electron chi connectivity index (χ0n) is 14.8. The van der Waals surface area contributed by atoms with Crippen LogP contribution in [0.3, 0.4) is 0 Å². The molecule has 0 fully saturated rings. The predicted octanol–water partition coefficient (Wildman–Crippen LogP) is 4.23. The number of carbonyl (C=O) groups is 1. The van der Waals surface area contributed by atoms with Gasteiger partial charge in [0, 0.05) is 18.0 Å². The third-order valence-corrected chi connectivity index (χ3v) is 3.80. The van der Waals surface area contributed by atoms with Crippen LogP contribution >= 0.6 is 0 Å². The number of methoxy groups -OCH3 is 2. The van der Waals surface area contributed by atoms with Crippen LogP contribution < -0.4 is 20.1 Å². The van der Waals surface area contributed by atoms with Crippen LogP contribution in [0.1, 0.15) is 10.4 Å². The molecule has 7 heteroatoms. The Bertz CT molecular complexity index is 928. The highest BCUT2D eigenvalue weighted by Gasteiger charge is 2.09. The number of aromatic nitrogens is 1.